The summed E-state index contributed by atoms with van der Waals surface area (Å²) in [5, 5.41) is 10.5. The van der Waals surface area contributed by atoms with Crippen LogP contribution in [0.1, 0.15) is 57.6 Å². The Morgan fingerprint density at radius 2 is 1.89 bits per heavy atom. The van der Waals surface area contributed by atoms with E-state index < -0.39 is 11.7 Å². The van der Waals surface area contributed by atoms with Gasteiger partial charge in [0.1, 0.15) is 5.60 Å². The fourth-order valence-electron chi connectivity index (χ4n) is 3.22. The lowest BCUT2D eigenvalue weighted by Gasteiger charge is -2.37. The first kappa shape index (κ1) is 21.2. The molecule has 1 aromatic carbocycles. The number of piperidine rings is 1. The first-order valence-corrected chi connectivity index (χ1v) is 9.60. The highest BCUT2D eigenvalue weighted by Crippen LogP contribution is 2.29. The third kappa shape index (κ3) is 6.54. The van der Waals surface area contributed by atoms with E-state index >= 15 is 0 Å². The number of rotatable bonds is 5. The topological polar surface area (TPSA) is 76.1 Å². The minimum Gasteiger partial charge on any atom is -0.466 e. The zero-order valence-corrected chi connectivity index (χ0v) is 16.7. The molecule has 1 N–H and O–H groups in total. The molecule has 1 amide bonds. The van der Waals surface area contributed by atoms with Crippen LogP contribution >= 0.6 is 0 Å². The molecule has 2 rings (SSSR count). The standard InChI is InChI=1S/C21H31NO5/c1-5-26-19(24)11-8-15-6-9-16(10-7-15)17-12-13-22(14-18(17)23)20(25)27-21(2,3)4/h6-7,9-10,17-18,23H,5,8,11-14H2,1-4H3. The highest BCUT2D eigenvalue weighted by Gasteiger charge is 2.33. The number of ether oxygens (including phenoxy) is 2. The van der Waals surface area contributed by atoms with Gasteiger partial charge in [0, 0.05) is 18.9 Å². The Hall–Kier alpha value is -2.08. The molecule has 0 bridgehead atoms. The predicted molar refractivity (Wildman–Crippen MR) is 103 cm³/mol. The summed E-state index contributed by atoms with van der Waals surface area (Å²) < 4.78 is 10.3. The molecule has 0 saturated carbocycles. The SMILES string of the molecule is CCOC(=O)CCc1ccc(C2CCN(C(=O)OC(C)(C)C)CC2O)cc1. The molecular weight excluding hydrogens is 346 g/mol. The summed E-state index contributed by atoms with van der Waals surface area (Å²) >= 11 is 0. The molecule has 0 aromatic heterocycles. The molecule has 6 nitrogen and oxygen atoms in total. The Balaban J connectivity index is 1.90. The van der Waals surface area contributed by atoms with Crippen molar-refractivity contribution in [2.24, 2.45) is 0 Å². The summed E-state index contributed by atoms with van der Waals surface area (Å²) in [5.41, 5.74) is 1.57. The zero-order valence-electron chi connectivity index (χ0n) is 16.7. The minimum atomic E-state index is -0.628. The monoisotopic (exact) mass is 377 g/mol. The van der Waals surface area contributed by atoms with Crippen LogP contribution in [0.15, 0.2) is 24.3 Å². The quantitative estimate of drug-likeness (QED) is 0.797. The van der Waals surface area contributed by atoms with Crippen LogP contribution in [0.3, 0.4) is 0 Å². The van der Waals surface area contributed by atoms with Crippen molar-refractivity contribution in [3.8, 4) is 0 Å². The number of esters is 1. The molecule has 6 heteroatoms. The van der Waals surface area contributed by atoms with Crippen molar-refractivity contribution in [2.45, 2.75) is 64.6 Å². The van der Waals surface area contributed by atoms with Crippen molar-refractivity contribution in [3.63, 3.8) is 0 Å². The van der Waals surface area contributed by atoms with Crippen molar-refractivity contribution in [2.75, 3.05) is 19.7 Å². The molecule has 2 atom stereocenters. The number of carbonyl (C=O) groups excluding carboxylic acids is 2. The number of aryl methyl sites for hydroxylation is 1. The fourth-order valence-corrected chi connectivity index (χ4v) is 3.22. The van der Waals surface area contributed by atoms with Gasteiger partial charge in [-0.2, -0.15) is 0 Å². The number of benzene rings is 1. The third-order valence-corrected chi connectivity index (χ3v) is 4.56. The van der Waals surface area contributed by atoms with E-state index in [2.05, 4.69) is 0 Å². The van der Waals surface area contributed by atoms with Gasteiger partial charge in [-0.25, -0.2) is 4.79 Å². The van der Waals surface area contributed by atoms with Crippen LogP contribution in [-0.4, -0.2) is 53.5 Å². The molecular formula is C21H31NO5. The molecule has 0 spiro atoms. The molecule has 1 aliphatic heterocycles. The lowest BCUT2D eigenvalue weighted by molar-refractivity contribution is -0.143. The van der Waals surface area contributed by atoms with Crippen LogP contribution in [0.2, 0.25) is 0 Å². The largest absolute Gasteiger partial charge is 0.466 e. The highest BCUT2D eigenvalue weighted by atomic mass is 16.6. The van der Waals surface area contributed by atoms with Gasteiger partial charge in [-0.15, -0.1) is 0 Å². The summed E-state index contributed by atoms with van der Waals surface area (Å²) in [4.78, 5) is 25.2. The molecule has 150 valence electrons. The third-order valence-electron chi connectivity index (χ3n) is 4.56. The summed E-state index contributed by atoms with van der Waals surface area (Å²) in [5.74, 6) is -0.200. The van der Waals surface area contributed by atoms with E-state index in [9.17, 15) is 14.7 Å². The molecule has 1 aliphatic rings. The maximum Gasteiger partial charge on any atom is 0.410 e. The van der Waals surface area contributed by atoms with Crippen molar-refractivity contribution >= 4 is 12.1 Å². The van der Waals surface area contributed by atoms with Gasteiger partial charge in [0.15, 0.2) is 0 Å². The molecule has 1 aromatic rings. The van der Waals surface area contributed by atoms with Gasteiger partial charge < -0.3 is 19.5 Å². The number of hydrogen-bond donors (Lipinski definition) is 1. The minimum absolute atomic E-state index is 0.0113. The van der Waals surface area contributed by atoms with Gasteiger partial charge in [-0.1, -0.05) is 24.3 Å². The first-order valence-electron chi connectivity index (χ1n) is 9.60. The Kier molecular flexibility index (Phi) is 7.25. The van der Waals surface area contributed by atoms with Crippen LogP contribution in [0.25, 0.3) is 0 Å². The second-order valence-electron chi connectivity index (χ2n) is 7.94. The van der Waals surface area contributed by atoms with E-state index in [1.54, 1.807) is 11.8 Å². The van der Waals surface area contributed by atoms with Gasteiger partial charge >= 0.3 is 12.1 Å². The first-order chi connectivity index (χ1) is 12.7. The van der Waals surface area contributed by atoms with E-state index in [1.807, 2.05) is 45.0 Å². The lowest BCUT2D eigenvalue weighted by atomic mass is 9.86. The summed E-state index contributed by atoms with van der Waals surface area (Å²) in [6.45, 7) is 8.52. The molecule has 0 aliphatic carbocycles. The lowest BCUT2D eigenvalue weighted by Crippen LogP contribution is -2.47. The Morgan fingerprint density at radius 3 is 2.44 bits per heavy atom. The molecule has 2 unspecified atom stereocenters. The Morgan fingerprint density at radius 1 is 1.22 bits per heavy atom. The molecule has 27 heavy (non-hydrogen) atoms. The fraction of sp³-hybridized carbons (Fsp3) is 0.619. The van der Waals surface area contributed by atoms with Crippen LogP contribution in [-0.2, 0) is 20.7 Å². The number of β-amino-alcohol motifs (C(OH)–C–C–N with tert-alkyl or cyclic N) is 1. The maximum absolute atomic E-state index is 12.2. The van der Waals surface area contributed by atoms with E-state index in [-0.39, 0.29) is 24.5 Å². The average Bonchev–Trinajstić information content (AvgIpc) is 2.59. The van der Waals surface area contributed by atoms with Gasteiger partial charge in [-0.3, -0.25) is 4.79 Å². The summed E-state index contributed by atoms with van der Waals surface area (Å²) in [6, 6.07) is 7.97. The van der Waals surface area contributed by atoms with E-state index in [0.717, 1.165) is 11.1 Å². The van der Waals surface area contributed by atoms with Gasteiger partial charge in [0.2, 0.25) is 0 Å². The number of nitrogens with zero attached hydrogens (tertiary/aromatic N) is 1. The van der Waals surface area contributed by atoms with Crippen LogP contribution in [0.5, 0.6) is 0 Å². The van der Waals surface area contributed by atoms with E-state index in [4.69, 9.17) is 9.47 Å². The highest BCUT2D eigenvalue weighted by molar-refractivity contribution is 5.69. The van der Waals surface area contributed by atoms with Crippen molar-refractivity contribution in [3.05, 3.63) is 35.4 Å². The zero-order chi connectivity index (χ0) is 20.0. The number of aliphatic hydroxyl groups is 1. The van der Waals surface area contributed by atoms with Crippen LogP contribution in [0.4, 0.5) is 4.79 Å². The van der Waals surface area contributed by atoms with Crippen LogP contribution in [0, 0.1) is 0 Å². The second-order valence-corrected chi connectivity index (χ2v) is 7.94. The molecule has 1 heterocycles. The van der Waals surface area contributed by atoms with Gasteiger partial charge in [0.05, 0.1) is 19.3 Å². The maximum atomic E-state index is 12.2. The normalized spacial score (nSPS) is 20.3. The van der Waals surface area contributed by atoms with Crippen molar-refractivity contribution < 1.29 is 24.2 Å². The van der Waals surface area contributed by atoms with Crippen molar-refractivity contribution in [1.82, 2.24) is 4.90 Å². The smallest absolute Gasteiger partial charge is 0.410 e. The summed E-state index contributed by atoms with van der Waals surface area (Å²) in [7, 11) is 0. The number of likely N-dealkylation sites (tertiary alicyclic amines) is 1. The molecule has 1 saturated heterocycles. The number of aliphatic hydroxyl groups excluding tert-OH is 1. The number of carbonyl (C=O) groups is 2. The second kappa shape index (κ2) is 9.22. The van der Waals surface area contributed by atoms with Gasteiger partial charge in [-0.05, 0) is 51.7 Å². The Labute approximate surface area is 161 Å². The van der Waals surface area contributed by atoms with Crippen LogP contribution < -0.4 is 0 Å². The van der Waals surface area contributed by atoms with E-state index in [0.29, 0.717) is 32.4 Å². The predicted octanol–water partition coefficient (Wildman–Crippen LogP) is 3.27. The molecule has 1 fully saturated rings. The van der Waals surface area contributed by atoms with Gasteiger partial charge in [0.25, 0.3) is 0 Å². The van der Waals surface area contributed by atoms with E-state index in [1.165, 1.54) is 0 Å². The average molecular weight is 377 g/mol. The number of amides is 1. The number of hydrogen-bond acceptors (Lipinski definition) is 5. The molecule has 0 radical (unpaired) electrons. The van der Waals surface area contributed by atoms with Crippen molar-refractivity contribution in [1.29, 1.82) is 0 Å². The Bertz CT molecular complexity index is 635. The summed E-state index contributed by atoms with van der Waals surface area (Å²) in [6.07, 6.45) is 0.678.